The van der Waals surface area contributed by atoms with Gasteiger partial charge >= 0.3 is 0 Å². The second kappa shape index (κ2) is 6.33. The molecule has 4 heteroatoms. The first-order valence-corrected chi connectivity index (χ1v) is 5.79. The van der Waals surface area contributed by atoms with Crippen molar-refractivity contribution in [1.82, 2.24) is 5.32 Å². The summed E-state index contributed by atoms with van der Waals surface area (Å²) in [4.78, 5) is 0. The predicted octanol–water partition coefficient (Wildman–Crippen LogP) is 2.99. The Kier molecular flexibility index (Phi) is 5.40. The molecule has 0 amide bonds. The lowest BCUT2D eigenvalue weighted by atomic mass is 10.1. The molecule has 0 aliphatic carbocycles. The van der Waals surface area contributed by atoms with Crippen LogP contribution in [0.25, 0.3) is 0 Å². The summed E-state index contributed by atoms with van der Waals surface area (Å²) in [7, 11) is 0. The van der Waals surface area contributed by atoms with Crippen molar-refractivity contribution >= 4 is 23.2 Å². The van der Waals surface area contributed by atoms with Crippen molar-refractivity contribution in [1.29, 1.82) is 0 Å². The Labute approximate surface area is 101 Å². The zero-order chi connectivity index (χ0) is 11.3. The minimum atomic E-state index is 0.197. The summed E-state index contributed by atoms with van der Waals surface area (Å²) in [6, 6.07) is 5.70. The minimum absolute atomic E-state index is 0.197. The monoisotopic (exact) mass is 246 g/mol. The highest BCUT2D eigenvalue weighted by molar-refractivity contribution is 6.33. The summed E-state index contributed by atoms with van der Waals surface area (Å²) < 4.78 is 0. The first-order valence-electron chi connectivity index (χ1n) is 5.03. The van der Waals surface area contributed by atoms with Crippen molar-refractivity contribution < 1.29 is 0 Å². The van der Waals surface area contributed by atoms with Gasteiger partial charge in [0, 0.05) is 16.1 Å². The van der Waals surface area contributed by atoms with Gasteiger partial charge in [-0.2, -0.15) is 0 Å². The molecule has 0 radical (unpaired) electrons. The van der Waals surface area contributed by atoms with E-state index in [0.717, 1.165) is 23.6 Å². The van der Waals surface area contributed by atoms with E-state index in [1.54, 1.807) is 6.07 Å². The molecule has 0 aliphatic heterocycles. The largest absolute Gasteiger partial charge is 0.330 e. The molecule has 1 aromatic rings. The van der Waals surface area contributed by atoms with Crippen LogP contribution in [0.15, 0.2) is 18.2 Å². The number of nitrogens with two attached hydrogens (primary N) is 1. The van der Waals surface area contributed by atoms with Crippen LogP contribution in [0, 0.1) is 0 Å². The molecule has 0 saturated carbocycles. The number of benzene rings is 1. The fourth-order valence-electron chi connectivity index (χ4n) is 1.38. The Hall–Kier alpha value is -0.280. The topological polar surface area (TPSA) is 38.0 Å². The van der Waals surface area contributed by atoms with Crippen LogP contribution in [0.3, 0.4) is 0 Å². The highest BCUT2D eigenvalue weighted by atomic mass is 35.5. The number of rotatable bonds is 5. The Balaban J connectivity index is 2.64. The van der Waals surface area contributed by atoms with Crippen LogP contribution in [0.1, 0.15) is 24.9 Å². The summed E-state index contributed by atoms with van der Waals surface area (Å²) in [5.74, 6) is 0. The van der Waals surface area contributed by atoms with Crippen molar-refractivity contribution in [2.75, 3.05) is 13.1 Å². The molecule has 84 valence electrons. The molecule has 15 heavy (non-hydrogen) atoms. The van der Waals surface area contributed by atoms with Gasteiger partial charge in [0.1, 0.15) is 0 Å². The Bertz CT molecular complexity index is 315. The van der Waals surface area contributed by atoms with Gasteiger partial charge in [-0.15, -0.1) is 0 Å². The first-order chi connectivity index (χ1) is 7.15. The lowest BCUT2D eigenvalue weighted by molar-refractivity contribution is 0.562. The van der Waals surface area contributed by atoms with E-state index in [9.17, 15) is 0 Å². The maximum absolute atomic E-state index is 6.08. The summed E-state index contributed by atoms with van der Waals surface area (Å²) in [5, 5.41) is 4.80. The molecule has 0 spiro atoms. The fourth-order valence-corrected chi connectivity index (χ4v) is 1.84. The van der Waals surface area contributed by atoms with Crippen LogP contribution in [0.4, 0.5) is 0 Å². The van der Waals surface area contributed by atoms with E-state index in [0.29, 0.717) is 11.6 Å². The molecule has 0 saturated heterocycles. The fraction of sp³-hybridized carbons (Fsp3) is 0.455. The van der Waals surface area contributed by atoms with Crippen LogP contribution in [0.2, 0.25) is 10.0 Å². The van der Waals surface area contributed by atoms with Gasteiger partial charge in [-0.1, -0.05) is 23.2 Å². The molecular weight excluding hydrogens is 231 g/mol. The average Bonchev–Trinajstić information content (AvgIpc) is 2.22. The number of hydrogen-bond donors (Lipinski definition) is 2. The quantitative estimate of drug-likeness (QED) is 0.785. The van der Waals surface area contributed by atoms with Crippen LogP contribution in [0.5, 0.6) is 0 Å². The lowest BCUT2D eigenvalue weighted by Crippen LogP contribution is -2.22. The van der Waals surface area contributed by atoms with Crippen LogP contribution >= 0.6 is 23.2 Å². The zero-order valence-corrected chi connectivity index (χ0v) is 10.3. The van der Waals surface area contributed by atoms with Gasteiger partial charge in [0.05, 0.1) is 0 Å². The third kappa shape index (κ3) is 3.99. The SMILES string of the molecule is CC(NCCCN)c1cc(Cl)ccc1Cl. The zero-order valence-electron chi connectivity index (χ0n) is 8.76. The molecule has 1 atom stereocenters. The second-order valence-electron chi connectivity index (χ2n) is 3.48. The number of halogens is 2. The van der Waals surface area contributed by atoms with E-state index in [-0.39, 0.29) is 6.04 Å². The van der Waals surface area contributed by atoms with Crippen LogP contribution < -0.4 is 11.1 Å². The van der Waals surface area contributed by atoms with Gasteiger partial charge in [-0.05, 0) is 50.2 Å². The average molecular weight is 247 g/mol. The molecule has 0 bridgehead atoms. The first kappa shape index (κ1) is 12.8. The van der Waals surface area contributed by atoms with Gasteiger partial charge in [-0.25, -0.2) is 0 Å². The Morgan fingerprint density at radius 1 is 1.40 bits per heavy atom. The van der Waals surface area contributed by atoms with Gasteiger partial charge in [0.15, 0.2) is 0 Å². The molecule has 0 heterocycles. The molecule has 0 aromatic heterocycles. The summed E-state index contributed by atoms with van der Waals surface area (Å²) >= 11 is 12.0. The molecule has 2 nitrogen and oxygen atoms in total. The maximum Gasteiger partial charge on any atom is 0.0454 e. The second-order valence-corrected chi connectivity index (χ2v) is 4.33. The number of nitrogens with one attached hydrogen (secondary N) is 1. The van der Waals surface area contributed by atoms with Crippen molar-refractivity contribution in [2.24, 2.45) is 5.73 Å². The predicted molar refractivity (Wildman–Crippen MR) is 66.6 cm³/mol. The van der Waals surface area contributed by atoms with E-state index in [4.69, 9.17) is 28.9 Å². The van der Waals surface area contributed by atoms with E-state index >= 15 is 0 Å². The molecule has 1 unspecified atom stereocenters. The molecule has 0 aliphatic rings. The van der Waals surface area contributed by atoms with Gasteiger partial charge in [0.25, 0.3) is 0 Å². The minimum Gasteiger partial charge on any atom is -0.330 e. The summed E-state index contributed by atoms with van der Waals surface area (Å²) in [6.07, 6.45) is 0.961. The Morgan fingerprint density at radius 2 is 2.13 bits per heavy atom. The summed E-state index contributed by atoms with van der Waals surface area (Å²) in [5.41, 5.74) is 6.45. The van der Waals surface area contributed by atoms with Crippen molar-refractivity contribution in [3.8, 4) is 0 Å². The van der Waals surface area contributed by atoms with Gasteiger partial charge in [0.2, 0.25) is 0 Å². The smallest absolute Gasteiger partial charge is 0.0454 e. The molecule has 1 rings (SSSR count). The maximum atomic E-state index is 6.08. The lowest BCUT2D eigenvalue weighted by Gasteiger charge is -2.15. The highest BCUT2D eigenvalue weighted by Crippen LogP contribution is 2.25. The normalized spacial score (nSPS) is 12.8. The Morgan fingerprint density at radius 3 is 2.80 bits per heavy atom. The van der Waals surface area contributed by atoms with Gasteiger partial charge < -0.3 is 11.1 Å². The third-order valence-corrected chi connectivity index (χ3v) is 2.84. The van der Waals surface area contributed by atoms with Crippen molar-refractivity contribution in [3.63, 3.8) is 0 Å². The number of hydrogen-bond acceptors (Lipinski definition) is 2. The van der Waals surface area contributed by atoms with E-state index in [1.807, 2.05) is 12.1 Å². The highest BCUT2D eigenvalue weighted by Gasteiger charge is 2.08. The standard InChI is InChI=1S/C11H16Cl2N2/c1-8(15-6-2-5-14)10-7-9(12)3-4-11(10)13/h3-4,7-8,15H,2,5-6,14H2,1H3. The third-order valence-electron chi connectivity index (χ3n) is 2.26. The van der Waals surface area contributed by atoms with E-state index in [2.05, 4.69) is 12.2 Å². The van der Waals surface area contributed by atoms with Crippen molar-refractivity contribution in [3.05, 3.63) is 33.8 Å². The van der Waals surface area contributed by atoms with Crippen molar-refractivity contribution in [2.45, 2.75) is 19.4 Å². The van der Waals surface area contributed by atoms with E-state index in [1.165, 1.54) is 0 Å². The van der Waals surface area contributed by atoms with Crippen LogP contribution in [-0.2, 0) is 0 Å². The molecule has 0 fully saturated rings. The molecule has 3 N–H and O–H groups in total. The molecular formula is C11H16Cl2N2. The molecule has 1 aromatic carbocycles. The summed E-state index contributed by atoms with van der Waals surface area (Å²) in [6.45, 7) is 3.65. The van der Waals surface area contributed by atoms with Gasteiger partial charge in [-0.3, -0.25) is 0 Å². The van der Waals surface area contributed by atoms with E-state index < -0.39 is 0 Å². The van der Waals surface area contributed by atoms with Crippen LogP contribution in [-0.4, -0.2) is 13.1 Å².